The Morgan fingerprint density at radius 3 is 3.00 bits per heavy atom. The number of benzene rings is 1. The van der Waals surface area contributed by atoms with Crippen molar-refractivity contribution >= 4 is 16.9 Å². The molecule has 1 aromatic heterocycles. The van der Waals surface area contributed by atoms with Gasteiger partial charge in [-0.3, -0.25) is 0 Å². The van der Waals surface area contributed by atoms with E-state index in [4.69, 9.17) is 26.7 Å². The Labute approximate surface area is 146 Å². The van der Waals surface area contributed by atoms with Gasteiger partial charge in [-0.15, -0.1) is 0 Å². The second-order valence-electron chi connectivity index (χ2n) is 4.36. The van der Waals surface area contributed by atoms with E-state index in [9.17, 15) is 4.79 Å². The van der Waals surface area contributed by atoms with Gasteiger partial charge in [0.15, 0.2) is 0 Å². The number of aromatic nitrogens is 1. The van der Waals surface area contributed by atoms with Gasteiger partial charge in [0.1, 0.15) is 6.08 Å². The maximum Gasteiger partial charge on any atom is 0.340 e. The first-order chi connectivity index (χ1) is 16.4. The second kappa shape index (κ2) is 4.88. The highest BCUT2D eigenvalue weighted by atomic mass is 16.5. The third kappa shape index (κ3) is 2.14. The third-order valence-corrected chi connectivity index (χ3v) is 3.09. The van der Waals surface area contributed by atoms with Gasteiger partial charge in [-0.1, -0.05) is 18.2 Å². The quantitative estimate of drug-likeness (QED) is 0.867. The molecule has 1 unspecified atom stereocenters. The van der Waals surface area contributed by atoms with Crippen molar-refractivity contribution in [2.24, 2.45) is 0 Å². The third-order valence-electron chi connectivity index (χ3n) is 3.09. The Kier molecular flexibility index (Phi) is 1.01. The molecule has 0 saturated carbocycles. The molecule has 3 heterocycles. The summed E-state index contributed by atoms with van der Waals surface area (Å²) >= 11 is 0. The van der Waals surface area contributed by atoms with E-state index < -0.39 is 67.0 Å². The maximum absolute atomic E-state index is 13.2. The standard InChI is InChI=1S/C17H20N2O2/c1-19-11-6-7-12(19)9-13(8-11)21-17(20)15-10-18-16-5-3-2-4-14(15)16/h2-5,10-13,18H,6-9H2,1H3/t11-,12+,13?/i1D3,2D,3D,6D2,7D2,8D2,9D2,11D,12D,13D. The Hall–Kier alpha value is -1.81. The van der Waals surface area contributed by atoms with Crippen LogP contribution in [0.2, 0.25) is 0 Å². The van der Waals surface area contributed by atoms with Crippen molar-refractivity contribution in [3.63, 3.8) is 0 Å². The molecule has 110 valence electrons. The minimum atomic E-state index is -4.09. The molecule has 3 atom stereocenters. The molecule has 21 heavy (non-hydrogen) atoms. The highest BCUT2D eigenvalue weighted by molar-refractivity contribution is 6.04. The number of aromatic amines is 1. The molecular weight excluding hydrogens is 264 g/mol. The lowest BCUT2D eigenvalue weighted by Crippen LogP contribution is -2.43. The first-order valence-corrected chi connectivity index (χ1v) is 6.02. The molecule has 2 saturated heterocycles. The minimum absolute atomic E-state index is 0.0366. The summed E-state index contributed by atoms with van der Waals surface area (Å²) in [6.45, 7) is -3.79. The van der Waals surface area contributed by atoms with Gasteiger partial charge < -0.3 is 14.6 Å². The number of rotatable bonds is 2. The van der Waals surface area contributed by atoms with Crippen LogP contribution >= 0.6 is 0 Å². The fourth-order valence-electron chi connectivity index (χ4n) is 2.08. The molecule has 2 aliphatic heterocycles. The van der Waals surface area contributed by atoms with Crippen molar-refractivity contribution < 1.29 is 31.5 Å². The van der Waals surface area contributed by atoms with E-state index in [-0.39, 0.29) is 23.0 Å². The smallest absolute Gasteiger partial charge is 0.340 e. The van der Waals surface area contributed by atoms with E-state index in [2.05, 4.69) is 4.98 Å². The van der Waals surface area contributed by atoms with Crippen molar-refractivity contribution in [2.75, 3.05) is 6.98 Å². The molecule has 0 amide bonds. The predicted molar refractivity (Wildman–Crippen MR) is 81.3 cm³/mol. The number of hydrogen-bond donors (Lipinski definition) is 1. The van der Waals surface area contributed by atoms with Crippen LogP contribution < -0.4 is 0 Å². The van der Waals surface area contributed by atoms with E-state index in [0.717, 1.165) is 12.3 Å². The Bertz CT molecular complexity index is 1280. The number of piperidine rings is 1. The lowest BCUT2D eigenvalue weighted by Gasteiger charge is -2.35. The van der Waals surface area contributed by atoms with Gasteiger partial charge >= 0.3 is 5.97 Å². The molecule has 1 aromatic carbocycles. The SMILES string of the molecule is [2H]c1cc2[nH]cc(C(=O)OC3([2H])C([2H])([2H])[C@]4([2H])N(C([2H])([2H])[2H])[C@]([2H])(C3([2H])[2H])C([2H])([2H])C4([2H])[2H])c2cc1[2H]. The van der Waals surface area contributed by atoms with Crippen LogP contribution in [0.3, 0.4) is 0 Å². The van der Waals surface area contributed by atoms with E-state index in [1.54, 1.807) is 0 Å². The maximum atomic E-state index is 13.2. The Morgan fingerprint density at radius 1 is 1.48 bits per heavy atom. The number of fused-ring (bicyclic) bond motifs is 3. The van der Waals surface area contributed by atoms with Crippen LogP contribution in [0.4, 0.5) is 0 Å². The molecule has 0 spiro atoms. The van der Waals surface area contributed by atoms with Crippen LogP contribution in [0.1, 0.15) is 57.8 Å². The lowest BCUT2D eigenvalue weighted by atomic mass is 10.0. The highest BCUT2D eigenvalue weighted by Crippen LogP contribution is 2.35. The summed E-state index contributed by atoms with van der Waals surface area (Å²) in [6, 6.07) is -6.21. The number of esters is 1. The first kappa shape index (κ1) is 4.35. The number of nitrogens with zero attached hydrogens (tertiary/aromatic N) is 1. The zero-order valence-electron chi connectivity index (χ0n) is 26.5. The fraction of sp³-hybridized carbons (Fsp3) is 0.471. The van der Waals surface area contributed by atoms with Crippen LogP contribution in [-0.4, -0.2) is 40.9 Å². The molecule has 4 nitrogen and oxygen atoms in total. The van der Waals surface area contributed by atoms with Crippen molar-refractivity contribution in [3.8, 4) is 0 Å². The second-order valence-corrected chi connectivity index (χ2v) is 4.36. The molecule has 2 fully saturated rings. The normalized spacial score (nSPS) is 60.8. The first-order valence-electron chi connectivity index (χ1n) is 14.0. The number of carbonyl (C=O) groups is 1. The van der Waals surface area contributed by atoms with E-state index in [0.29, 0.717) is 0 Å². The van der Waals surface area contributed by atoms with Crippen molar-refractivity contribution in [2.45, 2.75) is 43.6 Å². The topological polar surface area (TPSA) is 45.3 Å². The van der Waals surface area contributed by atoms with Gasteiger partial charge in [0.2, 0.25) is 0 Å². The van der Waals surface area contributed by atoms with Crippen LogP contribution in [0.25, 0.3) is 10.9 Å². The fourth-order valence-corrected chi connectivity index (χ4v) is 2.08. The summed E-state index contributed by atoms with van der Waals surface area (Å²) in [6.07, 6.45) is -19.0. The average Bonchev–Trinajstić information content (AvgIpc) is 3.16. The molecule has 0 aliphatic carbocycles. The van der Waals surface area contributed by atoms with Crippen molar-refractivity contribution in [1.29, 1.82) is 0 Å². The number of para-hydroxylation sites is 1. The number of H-pyrrole nitrogens is 1. The van der Waals surface area contributed by atoms with E-state index in [1.807, 2.05) is 0 Å². The number of nitrogens with one attached hydrogen (secondary N) is 1. The minimum Gasteiger partial charge on any atom is -0.459 e. The molecule has 2 aromatic rings. The molecule has 4 heteroatoms. The van der Waals surface area contributed by atoms with Crippen LogP contribution in [0, 0.1) is 0 Å². The van der Waals surface area contributed by atoms with E-state index >= 15 is 0 Å². The summed E-state index contributed by atoms with van der Waals surface area (Å²) in [7, 11) is 0. The molecule has 2 aliphatic rings. The Morgan fingerprint density at radius 2 is 2.24 bits per heavy atom. The van der Waals surface area contributed by atoms with Gasteiger partial charge in [-0.25, -0.2) is 4.79 Å². The summed E-state index contributed by atoms with van der Waals surface area (Å²) in [5, 5.41) is -0.0366. The summed E-state index contributed by atoms with van der Waals surface area (Å²) in [5.41, 5.74) is -0.312. The number of hydrogen-bond acceptors (Lipinski definition) is 3. The molecule has 1 N–H and O–H groups in total. The van der Waals surface area contributed by atoms with Crippen molar-refractivity contribution in [3.05, 3.63) is 36.0 Å². The molecular formula is C17H20N2O2. The van der Waals surface area contributed by atoms with Gasteiger partial charge in [-0.05, 0) is 25.8 Å². The van der Waals surface area contributed by atoms with Crippen molar-refractivity contribution in [1.82, 2.24) is 9.88 Å². The largest absolute Gasteiger partial charge is 0.459 e. The summed E-state index contributed by atoms with van der Waals surface area (Å²) in [4.78, 5) is 15.2. The summed E-state index contributed by atoms with van der Waals surface area (Å²) in [5.74, 6) is -1.61. The molecule has 0 radical (unpaired) electrons. The van der Waals surface area contributed by atoms with Gasteiger partial charge in [-0.2, -0.15) is 0 Å². The summed E-state index contributed by atoms with van der Waals surface area (Å²) < 4.78 is 137. The van der Waals surface area contributed by atoms with E-state index in [1.165, 1.54) is 6.07 Å². The van der Waals surface area contributed by atoms with Crippen LogP contribution in [-0.2, 0) is 4.74 Å². The zero-order chi connectivity index (χ0) is 28.6. The predicted octanol–water partition coefficient (Wildman–Crippen LogP) is 2.95. The van der Waals surface area contributed by atoms with Crippen LogP contribution in [0.5, 0.6) is 0 Å². The molecule has 2 bridgehead atoms. The number of carbonyl (C=O) groups excluding carboxylic acids is 1. The number of ether oxygens (including phenoxy) is 1. The highest BCUT2D eigenvalue weighted by Gasteiger charge is 2.40. The molecule has 4 rings (SSSR count). The van der Waals surface area contributed by atoms with Gasteiger partial charge in [0.05, 0.1) is 9.68 Å². The van der Waals surface area contributed by atoms with Crippen LogP contribution in [0.15, 0.2) is 30.4 Å². The lowest BCUT2D eigenvalue weighted by molar-refractivity contribution is -0.000258. The zero-order valence-corrected chi connectivity index (χ0v) is 10.5. The Balaban J connectivity index is 1.98. The van der Waals surface area contributed by atoms with Gasteiger partial charge in [0, 0.05) is 59.7 Å². The monoisotopic (exact) mass is 300 g/mol. The average molecular weight is 300 g/mol. The van der Waals surface area contributed by atoms with Gasteiger partial charge in [0.25, 0.3) is 0 Å².